The Kier molecular flexibility index (Phi) is 6.81. The molecule has 0 aliphatic rings. The lowest BCUT2D eigenvalue weighted by molar-refractivity contribution is -0.869. The number of hydrogen-bond donors (Lipinski definition) is 1. The van der Waals surface area contributed by atoms with E-state index in [0.29, 0.717) is 11.0 Å². The average Bonchev–Trinajstić information content (AvgIpc) is 1.53. The molecule has 0 bridgehead atoms. The first-order chi connectivity index (χ1) is 4.81. The van der Waals surface area contributed by atoms with Crippen molar-refractivity contribution in [1.82, 2.24) is 0 Å². The summed E-state index contributed by atoms with van der Waals surface area (Å²) in [6.07, 6.45) is 0.0388. The summed E-state index contributed by atoms with van der Waals surface area (Å²) in [6.45, 7) is 0.674. The number of halogens is 2. The van der Waals surface area contributed by atoms with Crippen molar-refractivity contribution in [2.24, 2.45) is 0 Å². The van der Waals surface area contributed by atoms with E-state index in [2.05, 4.69) is 0 Å². The van der Waals surface area contributed by atoms with Crippen LogP contribution in [-0.2, 0) is 4.79 Å². The second-order valence-electron chi connectivity index (χ2n) is 3.67. The van der Waals surface area contributed by atoms with Crippen molar-refractivity contribution in [3.63, 3.8) is 0 Å². The second-order valence-corrected chi connectivity index (χ2v) is 4.29. The standard InChI is InChI=1S/C7H14ClNO2.ClH/c1-9(2,3)5-6(8)4-7(10)11;/h6H,4-5H2,1-3H3;1H. The fourth-order valence-electron chi connectivity index (χ4n) is 0.848. The first-order valence-electron chi connectivity index (χ1n) is 3.47. The number of alkyl halides is 1. The highest BCUT2D eigenvalue weighted by atomic mass is 35.5. The Hall–Kier alpha value is 0.01000. The van der Waals surface area contributed by atoms with Gasteiger partial charge in [0.15, 0.2) is 0 Å². The van der Waals surface area contributed by atoms with Crippen molar-refractivity contribution >= 4 is 17.6 Å². The normalized spacial score (nSPS) is 13.3. The maximum absolute atomic E-state index is 10.2. The van der Waals surface area contributed by atoms with Crippen molar-refractivity contribution in [1.29, 1.82) is 0 Å². The van der Waals surface area contributed by atoms with Crippen molar-refractivity contribution in [3.8, 4) is 0 Å². The van der Waals surface area contributed by atoms with E-state index in [-0.39, 0.29) is 24.2 Å². The quantitative estimate of drug-likeness (QED) is 0.427. The molecule has 74 valence electrons. The van der Waals surface area contributed by atoms with Crippen LogP contribution in [0, 0.1) is 0 Å². The zero-order valence-corrected chi connectivity index (χ0v) is 9.06. The molecular formula is C7H15Cl2NO2. The fourth-order valence-corrected chi connectivity index (χ4v) is 1.39. The van der Waals surface area contributed by atoms with Crippen molar-refractivity contribution in [2.45, 2.75) is 11.8 Å². The van der Waals surface area contributed by atoms with Gasteiger partial charge in [-0.2, -0.15) is 0 Å². The molecule has 0 aromatic rings. The van der Waals surface area contributed by atoms with Gasteiger partial charge in [-0.3, -0.25) is 4.79 Å². The number of rotatable bonds is 4. The van der Waals surface area contributed by atoms with Gasteiger partial charge in [0.25, 0.3) is 0 Å². The van der Waals surface area contributed by atoms with Crippen LogP contribution < -0.4 is 12.4 Å². The largest absolute Gasteiger partial charge is 1.00 e. The second kappa shape index (κ2) is 5.62. The maximum atomic E-state index is 10.2. The van der Waals surface area contributed by atoms with Crippen LogP contribution in [0.15, 0.2) is 0 Å². The Morgan fingerprint density at radius 2 is 1.92 bits per heavy atom. The van der Waals surface area contributed by atoms with Gasteiger partial charge in [0.05, 0.1) is 39.5 Å². The van der Waals surface area contributed by atoms with Gasteiger partial charge in [-0.1, -0.05) is 0 Å². The minimum Gasteiger partial charge on any atom is -1.00 e. The molecule has 0 aliphatic carbocycles. The molecule has 0 heterocycles. The Bertz CT molecular complexity index is 145. The number of carboxylic acids is 1. The van der Waals surface area contributed by atoms with Crippen LogP contribution in [0.1, 0.15) is 6.42 Å². The Morgan fingerprint density at radius 1 is 1.50 bits per heavy atom. The van der Waals surface area contributed by atoms with Crippen molar-refractivity contribution in [2.75, 3.05) is 27.7 Å². The molecule has 1 unspecified atom stereocenters. The van der Waals surface area contributed by atoms with E-state index in [1.54, 1.807) is 0 Å². The summed E-state index contributed by atoms with van der Waals surface area (Å²) in [5, 5.41) is 8.12. The van der Waals surface area contributed by atoms with Crippen LogP contribution in [0.4, 0.5) is 0 Å². The van der Waals surface area contributed by atoms with E-state index >= 15 is 0 Å². The molecule has 0 spiro atoms. The van der Waals surface area contributed by atoms with Crippen LogP contribution in [-0.4, -0.2) is 48.6 Å². The van der Waals surface area contributed by atoms with Crippen LogP contribution in [0.5, 0.6) is 0 Å². The van der Waals surface area contributed by atoms with Crippen molar-refractivity contribution in [3.05, 3.63) is 0 Å². The Balaban J connectivity index is 0. The van der Waals surface area contributed by atoms with Crippen molar-refractivity contribution < 1.29 is 26.8 Å². The van der Waals surface area contributed by atoms with Crippen LogP contribution in [0.25, 0.3) is 0 Å². The fraction of sp³-hybridized carbons (Fsp3) is 0.857. The average molecular weight is 216 g/mol. The SMILES string of the molecule is C[N+](C)(C)CC(Cl)CC(=O)O.[Cl-]. The molecule has 5 heteroatoms. The number of hydrogen-bond acceptors (Lipinski definition) is 1. The van der Waals surface area contributed by atoms with E-state index in [4.69, 9.17) is 16.7 Å². The monoisotopic (exact) mass is 215 g/mol. The highest BCUT2D eigenvalue weighted by molar-refractivity contribution is 6.21. The van der Waals surface area contributed by atoms with Gasteiger partial charge in [0.2, 0.25) is 0 Å². The molecule has 0 fully saturated rings. The lowest BCUT2D eigenvalue weighted by Crippen LogP contribution is -3.00. The smallest absolute Gasteiger partial charge is 0.305 e. The Morgan fingerprint density at radius 3 is 2.17 bits per heavy atom. The molecule has 0 amide bonds. The lowest BCUT2D eigenvalue weighted by atomic mass is 10.3. The molecule has 0 saturated carbocycles. The molecule has 1 atom stereocenters. The summed E-state index contributed by atoms with van der Waals surface area (Å²) in [5.74, 6) is -0.835. The summed E-state index contributed by atoms with van der Waals surface area (Å²) in [6, 6.07) is 0. The maximum Gasteiger partial charge on any atom is 0.305 e. The topological polar surface area (TPSA) is 37.3 Å². The summed E-state index contributed by atoms with van der Waals surface area (Å²) in [7, 11) is 5.95. The van der Waals surface area contributed by atoms with Gasteiger partial charge in [-0.25, -0.2) is 0 Å². The van der Waals surface area contributed by atoms with Gasteiger partial charge < -0.3 is 22.0 Å². The molecule has 0 aromatic carbocycles. The molecule has 3 nitrogen and oxygen atoms in total. The van der Waals surface area contributed by atoms with E-state index < -0.39 is 5.97 Å². The number of quaternary nitrogens is 1. The third-order valence-corrected chi connectivity index (χ3v) is 1.43. The highest BCUT2D eigenvalue weighted by Gasteiger charge is 2.17. The van der Waals surface area contributed by atoms with Gasteiger partial charge >= 0.3 is 5.97 Å². The minimum atomic E-state index is -0.835. The molecule has 1 N–H and O–H groups in total. The summed E-state index contributed by atoms with van der Waals surface area (Å²) in [5.41, 5.74) is 0. The van der Waals surface area contributed by atoms with Gasteiger partial charge in [-0.15, -0.1) is 11.6 Å². The molecule has 0 aromatic heterocycles. The minimum absolute atomic E-state index is 0. The number of carbonyl (C=O) groups is 1. The Labute approximate surface area is 84.3 Å². The predicted molar refractivity (Wildman–Crippen MR) is 44.8 cm³/mol. The zero-order chi connectivity index (χ0) is 9.07. The van der Waals surface area contributed by atoms with E-state index in [1.165, 1.54) is 0 Å². The molecule has 0 rings (SSSR count). The highest BCUT2D eigenvalue weighted by Crippen LogP contribution is 2.06. The number of aliphatic carboxylic acids is 1. The summed E-state index contributed by atoms with van der Waals surface area (Å²) < 4.78 is 0.696. The van der Waals surface area contributed by atoms with Crippen LogP contribution in [0.2, 0.25) is 0 Å². The van der Waals surface area contributed by atoms with E-state index in [9.17, 15) is 4.79 Å². The summed E-state index contributed by atoms with van der Waals surface area (Å²) in [4.78, 5) is 10.2. The molecule has 0 radical (unpaired) electrons. The molecule has 12 heavy (non-hydrogen) atoms. The number of nitrogens with zero attached hydrogens (tertiary/aromatic N) is 1. The third kappa shape index (κ3) is 10.0. The molecular weight excluding hydrogens is 201 g/mol. The number of carboxylic acid groups (broad SMARTS) is 1. The third-order valence-electron chi connectivity index (χ3n) is 1.14. The predicted octanol–water partition coefficient (Wildman–Crippen LogP) is -2.22. The van der Waals surface area contributed by atoms with Crippen LogP contribution >= 0.6 is 11.6 Å². The molecule has 0 aliphatic heterocycles. The van der Waals surface area contributed by atoms with E-state index in [1.807, 2.05) is 21.1 Å². The van der Waals surface area contributed by atoms with Crippen LogP contribution in [0.3, 0.4) is 0 Å². The zero-order valence-electron chi connectivity index (χ0n) is 7.55. The summed E-state index contributed by atoms with van der Waals surface area (Å²) >= 11 is 5.76. The van der Waals surface area contributed by atoms with E-state index in [0.717, 1.165) is 0 Å². The van der Waals surface area contributed by atoms with Gasteiger partial charge in [-0.05, 0) is 0 Å². The van der Waals surface area contributed by atoms with Gasteiger partial charge in [0.1, 0.15) is 0 Å². The first-order valence-corrected chi connectivity index (χ1v) is 3.91. The molecule has 0 saturated heterocycles. The van der Waals surface area contributed by atoms with Gasteiger partial charge in [0, 0.05) is 0 Å². The first kappa shape index (κ1) is 14.5. The lowest BCUT2D eigenvalue weighted by Gasteiger charge is -2.25.